The molecular formula is C21H34N2O2. The predicted molar refractivity (Wildman–Crippen MR) is 102 cm³/mol. The van der Waals surface area contributed by atoms with Crippen molar-refractivity contribution in [3.05, 3.63) is 28.8 Å². The number of nitrogens with zero attached hydrogens (tertiary/aromatic N) is 1. The largest absolute Gasteiger partial charge is 0.507 e. The summed E-state index contributed by atoms with van der Waals surface area (Å²) < 4.78 is 6.38. The number of benzene rings is 1. The van der Waals surface area contributed by atoms with Gasteiger partial charge in [-0.3, -0.25) is 0 Å². The van der Waals surface area contributed by atoms with Crippen LogP contribution in [0, 0.1) is 18.3 Å². The SMILES string of the molecule is Cc1ccc2c(c1O)C[C@@H](C1CCN(CC(C)(C)C)CC1)O[C@H]2CN. The highest BCUT2D eigenvalue weighted by Crippen LogP contribution is 2.40. The van der Waals surface area contributed by atoms with E-state index in [0.29, 0.717) is 23.6 Å². The maximum absolute atomic E-state index is 10.5. The van der Waals surface area contributed by atoms with Crippen molar-refractivity contribution in [3.63, 3.8) is 0 Å². The van der Waals surface area contributed by atoms with Crippen LogP contribution < -0.4 is 5.73 Å². The first-order chi connectivity index (χ1) is 11.8. The third-order valence-electron chi connectivity index (χ3n) is 5.68. The van der Waals surface area contributed by atoms with Gasteiger partial charge in [0.2, 0.25) is 0 Å². The standard InChI is InChI=1S/C21H34N2O2/c1-14-5-6-16-17(20(14)24)11-18(25-19(16)12-22)15-7-9-23(10-8-15)13-21(2,3)4/h5-6,15,18-19,24H,7-13,22H2,1-4H3/t18-,19-/m0/s1. The lowest BCUT2D eigenvalue weighted by Gasteiger charge is -2.41. The van der Waals surface area contributed by atoms with Crippen LogP contribution in [0.1, 0.15) is 56.4 Å². The highest BCUT2D eigenvalue weighted by atomic mass is 16.5. The van der Waals surface area contributed by atoms with Crippen molar-refractivity contribution in [1.82, 2.24) is 4.90 Å². The number of phenols is 1. The normalized spacial score (nSPS) is 25.8. The molecule has 0 amide bonds. The predicted octanol–water partition coefficient (Wildman–Crippen LogP) is 3.40. The Hall–Kier alpha value is -1.10. The molecule has 1 fully saturated rings. The van der Waals surface area contributed by atoms with Gasteiger partial charge in [-0.2, -0.15) is 0 Å². The van der Waals surface area contributed by atoms with E-state index >= 15 is 0 Å². The van der Waals surface area contributed by atoms with Gasteiger partial charge in [-0.25, -0.2) is 0 Å². The second-order valence-corrected chi connectivity index (χ2v) is 9.08. The molecule has 0 aromatic heterocycles. The molecule has 1 saturated heterocycles. The van der Waals surface area contributed by atoms with Gasteiger partial charge in [0.05, 0.1) is 12.2 Å². The highest BCUT2D eigenvalue weighted by Gasteiger charge is 2.35. The Morgan fingerprint density at radius 2 is 1.92 bits per heavy atom. The van der Waals surface area contributed by atoms with E-state index in [1.165, 1.54) is 12.8 Å². The molecule has 2 aliphatic rings. The number of hydrogen-bond donors (Lipinski definition) is 2. The average molecular weight is 347 g/mol. The summed E-state index contributed by atoms with van der Waals surface area (Å²) in [5.74, 6) is 0.993. The van der Waals surface area contributed by atoms with E-state index in [0.717, 1.165) is 42.7 Å². The van der Waals surface area contributed by atoms with Crippen molar-refractivity contribution in [2.75, 3.05) is 26.2 Å². The molecular weight excluding hydrogens is 312 g/mol. The van der Waals surface area contributed by atoms with Crippen LogP contribution in [0.2, 0.25) is 0 Å². The van der Waals surface area contributed by atoms with E-state index < -0.39 is 0 Å². The van der Waals surface area contributed by atoms with Gasteiger partial charge in [-0.05, 0) is 55.3 Å². The lowest BCUT2D eigenvalue weighted by atomic mass is 9.82. The number of aromatic hydroxyl groups is 1. The molecule has 4 nitrogen and oxygen atoms in total. The van der Waals surface area contributed by atoms with E-state index in [-0.39, 0.29) is 12.2 Å². The molecule has 2 aliphatic heterocycles. The van der Waals surface area contributed by atoms with Crippen LogP contribution in [-0.2, 0) is 11.2 Å². The molecule has 4 heteroatoms. The van der Waals surface area contributed by atoms with Crippen molar-refractivity contribution in [2.45, 2.75) is 59.2 Å². The minimum atomic E-state index is -0.0899. The quantitative estimate of drug-likeness (QED) is 0.881. The van der Waals surface area contributed by atoms with E-state index in [9.17, 15) is 5.11 Å². The van der Waals surface area contributed by atoms with Gasteiger partial charge in [-0.1, -0.05) is 32.9 Å². The molecule has 2 heterocycles. The number of likely N-dealkylation sites (tertiary alicyclic amines) is 1. The maximum Gasteiger partial charge on any atom is 0.122 e. The molecule has 25 heavy (non-hydrogen) atoms. The van der Waals surface area contributed by atoms with E-state index in [1.54, 1.807) is 0 Å². The van der Waals surface area contributed by atoms with Gasteiger partial charge in [0.15, 0.2) is 0 Å². The van der Waals surface area contributed by atoms with E-state index in [4.69, 9.17) is 10.5 Å². The zero-order valence-electron chi connectivity index (χ0n) is 16.2. The summed E-state index contributed by atoms with van der Waals surface area (Å²) >= 11 is 0. The molecule has 0 spiro atoms. The Balaban J connectivity index is 1.69. The zero-order valence-corrected chi connectivity index (χ0v) is 16.2. The van der Waals surface area contributed by atoms with Crippen LogP contribution in [0.3, 0.4) is 0 Å². The number of piperidine rings is 1. The van der Waals surface area contributed by atoms with Crippen molar-refractivity contribution in [1.29, 1.82) is 0 Å². The van der Waals surface area contributed by atoms with Crippen LogP contribution in [0.5, 0.6) is 5.75 Å². The smallest absolute Gasteiger partial charge is 0.122 e. The number of fused-ring (bicyclic) bond motifs is 1. The minimum absolute atomic E-state index is 0.0899. The second kappa shape index (κ2) is 7.26. The van der Waals surface area contributed by atoms with Crippen LogP contribution >= 0.6 is 0 Å². The van der Waals surface area contributed by atoms with Crippen molar-refractivity contribution < 1.29 is 9.84 Å². The molecule has 0 aliphatic carbocycles. The Kier molecular flexibility index (Phi) is 5.42. The summed E-state index contributed by atoms with van der Waals surface area (Å²) in [6, 6.07) is 4.04. The lowest BCUT2D eigenvalue weighted by Crippen LogP contribution is -2.44. The molecule has 0 radical (unpaired) electrons. The molecule has 140 valence electrons. The molecule has 0 saturated carbocycles. The molecule has 1 aromatic carbocycles. The average Bonchev–Trinajstić information content (AvgIpc) is 2.56. The Bertz CT molecular complexity index is 601. The van der Waals surface area contributed by atoms with E-state index in [1.807, 2.05) is 13.0 Å². The Morgan fingerprint density at radius 1 is 1.24 bits per heavy atom. The second-order valence-electron chi connectivity index (χ2n) is 9.08. The summed E-state index contributed by atoms with van der Waals surface area (Å²) in [5.41, 5.74) is 9.40. The lowest BCUT2D eigenvalue weighted by molar-refractivity contribution is -0.0659. The molecule has 0 bridgehead atoms. The number of ether oxygens (including phenoxy) is 1. The molecule has 0 unspecified atom stereocenters. The van der Waals surface area contributed by atoms with Crippen molar-refractivity contribution in [2.24, 2.45) is 17.1 Å². The van der Waals surface area contributed by atoms with Gasteiger partial charge in [-0.15, -0.1) is 0 Å². The summed E-state index contributed by atoms with van der Waals surface area (Å²) in [7, 11) is 0. The maximum atomic E-state index is 10.5. The minimum Gasteiger partial charge on any atom is -0.507 e. The van der Waals surface area contributed by atoms with Gasteiger partial charge in [0.1, 0.15) is 5.75 Å². The van der Waals surface area contributed by atoms with Crippen LogP contribution in [0.15, 0.2) is 12.1 Å². The topological polar surface area (TPSA) is 58.7 Å². The van der Waals surface area contributed by atoms with Gasteiger partial charge >= 0.3 is 0 Å². The first-order valence-corrected chi connectivity index (χ1v) is 9.67. The fourth-order valence-electron chi connectivity index (χ4n) is 4.43. The van der Waals surface area contributed by atoms with Crippen LogP contribution in [-0.4, -0.2) is 42.3 Å². The first kappa shape index (κ1) is 18.7. The third-order valence-corrected chi connectivity index (χ3v) is 5.68. The molecule has 3 rings (SSSR count). The van der Waals surface area contributed by atoms with Gasteiger partial charge in [0, 0.05) is 25.1 Å². The molecule has 3 N–H and O–H groups in total. The van der Waals surface area contributed by atoms with Crippen molar-refractivity contribution in [3.8, 4) is 5.75 Å². The molecule has 2 atom stereocenters. The fraction of sp³-hybridized carbons (Fsp3) is 0.714. The third kappa shape index (κ3) is 4.18. The van der Waals surface area contributed by atoms with Crippen molar-refractivity contribution >= 4 is 0 Å². The number of rotatable bonds is 3. The summed E-state index contributed by atoms with van der Waals surface area (Å²) in [6.45, 7) is 12.8. The summed E-state index contributed by atoms with van der Waals surface area (Å²) in [4.78, 5) is 2.58. The van der Waals surface area contributed by atoms with Gasteiger partial charge in [0.25, 0.3) is 0 Å². The summed E-state index contributed by atoms with van der Waals surface area (Å²) in [5, 5.41) is 10.5. The Labute approximate surface area is 152 Å². The number of aryl methyl sites for hydroxylation is 1. The number of phenolic OH excluding ortho intramolecular Hbond substituents is 1. The highest BCUT2D eigenvalue weighted by molar-refractivity contribution is 5.47. The monoisotopic (exact) mass is 346 g/mol. The molecule has 1 aromatic rings. The van der Waals surface area contributed by atoms with Crippen LogP contribution in [0.25, 0.3) is 0 Å². The first-order valence-electron chi connectivity index (χ1n) is 9.67. The fourth-order valence-corrected chi connectivity index (χ4v) is 4.43. The summed E-state index contributed by atoms with van der Waals surface area (Å²) in [6.07, 6.45) is 3.22. The zero-order chi connectivity index (χ0) is 18.2. The van der Waals surface area contributed by atoms with Crippen LogP contribution in [0.4, 0.5) is 0 Å². The van der Waals surface area contributed by atoms with Gasteiger partial charge < -0.3 is 20.5 Å². The van der Waals surface area contributed by atoms with E-state index in [2.05, 4.69) is 31.7 Å². The Morgan fingerprint density at radius 3 is 2.52 bits per heavy atom. The number of nitrogens with two attached hydrogens (primary N) is 1. The number of hydrogen-bond acceptors (Lipinski definition) is 4.